The minimum atomic E-state index is 0.426. The van der Waals surface area contributed by atoms with Gasteiger partial charge in [0.2, 0.25) is 0 Å². The first kappa shape index (κ1) is 3.69. The summed E-state index contributed by atoms with van der Waals surface area (Å²) in [4.78, 5) is 8.95. The van der Waals surface area contributed by atoms with E-state index in [2.05, 4.69) is 0 Å². The van der Waals surface area contributed by atoms with Crippen LogP contribution in [0.1, 0.15) is 0 Å². The maximum absolute atomic E-state index is 8.95. The summed E-state index contributed by atoms with van der Waals surface area (Å²) in [6.45, 7) is 0. The summed E-state index contributed by atoms with van der Waals surface area (Å²) in [5, 5.41) is 0. The third-order valence-electron chi connectivity index (χ3n) is 0.0481. The second kappa shape index (κ2) is 2.69. The lowest BCUT2D eigenvalue weighted by Crippen LogP contribution is -1.49. The van der Waals surface area contributed by atoms with E-state index in [0.29, 0.717) is 17.2 Å². The molecule has 0 saturated carbocycles. The molecule has 3 heteroatoms. The van der Waals surface area contributed by atoms with Crippen LogP contribution in [0.4, 0.5) is 0 Å². The molecule has 0 amide bonds. The Balaban J connectivity index is 2.73. The van der Waals surface area contributed by atoms with Gasteiger partial charge in [-0.25, -0.2) is 4.79 Å². The van der Waals surface area contributed by atoms with Crippen molar-refractivity contribution in [3.63, 3.8) is 0 Å². The molecule has 22 valence electrons. The average Bonchev–Trinajstić information content (AvgIpc) is 1.37. The molecule has 0 saturated heterocycles. The number of hydrogen-bond donors (Lipinski definition) is 1. The largest absolute Gasteiger partial charge is 0.422 e. The minimum absolute atomic E-state index is 0.426. The smallest absolute Gasteiger partial charge is 0.227 e. The molecule has 0 unspecified atom stereocenters. The van der Waals surface area contributed by atoms with E-state index in [1.165, 1.54) is 0 Å². The molecule has 0 aromatic heterocycles. The van der Waals surface area contributed by atoms with E-state index in [-0.39, 0.29) is 0 Å². The monoisotopic (exact) mass is 76.0 g/mol. The number of carbonyl (C=O) groups excluding carboxylic acids is 1. The predicted octanol–water partition coefficient (Wildman–Crippen LogP) is 0.0216. The SMILES string of the molecule is N=[S+]C=O. The third kappa shape index (κ3) is 1.69. The molecule has 0 aromatic rings. The molecule has 0 aromatic carbocycles. The van der Waals surface area contributed by atoms with Gasteiger partial charge in [0, 0.05) is 0 Å². The third-order valence-corrected chi connectivity index (χ3v) is 0.144. The van der Waals surface area contributed by atoms with Crippen molar-refractivity contribution < 1.29 is 4.79 Å². The van der Waals surface area contributed by atoms with Gasteiger partial charge in [-0.15, -0.1) is 0 Å². The summed E-state index contributed by atoms with van der Waals surface area (Å²) in [5.41, 5.74) is 0.458. The van der Waals surface area contributed by atoms with Gasteiger partial charge in [0.05, 0.1) is 0 Å². The van der Waals surface area contributed by atoms with Gasteiger partial charge in [0.15, 0.2) is 0 Å². The Morgan fingerprint density at radius 3 is 2.25 bits per heavy atom. The van der Waals surface area contributed by atoms with Crippen molar-refractivity contribution >= 4 is 17.2 Å². The van der Waals surface area contributed by atoms with E-state index in [4.69, 9.17) is 9.57 Å². The fraction of sp³-hybridized carbons (Fsp3) is 0. The van der Waals surface area contributed by atoms with Crippen LogP contribution in [-0.4, -0.2) is 5.62 Å². The van der Waals surface area contributed by atoms with E-state index in [9.17, 15) is 0 Å². The lowest BCUT2D eigenvalue weighted by Gasteiger charge is -1.11. The number of hydrogen-bond acceptors (Lipinski definition) is 2. The Morgan fingerprint density at radius 1 is 2.00 bits per heavy atom. The van der Waals surface area contributed by atoms with Crippen LogP contribution >= 0.6 is 0 Å². The van der Waals surface area contributed by atoms with E-state index in [1.807, 2.05) is 0 Å². The average molecular weight is 76.1 g/mol. The van der Waals surface area contributed by atoms with Crippen LogP contribution in [0.3, 0.4) is 0 Å². The van der Waals surface area contributed by atoms with Gasteiger partial charge in [-0.1, -0.05) is 0 Å². The molecule has 0 aliphatic rings. The first-order chi connectivity index (χ1) is 1.91. The fourth-order valence-corrected chi connectivity index (χ4v) is 0. The summed E-state index contributed by atoms with van der Waals surface area (Å²) in [6, 6.07) is 0. The highest BCUT2D eigenvalue weighted by Gasteiger charge is 1.68. The number of nitrogens with one attached hydrogen (secondary N) is 1. The van der Waals surface area contributed by atoms with Gasteiger partial charge in [0.1, 0.15) is 0 Å². The Morgan fingerprint density at radius 2 is 2.25 bits per heavy atom. The van der Waals surface area contributed by atoms with Crippen molar-refractivity contribution in [1.29, 1.82) is 4.78 Å². The second-order valence-corrected chi connectivity index (χ2v) is 0.642. The normalized spacial score (nSPS) is 5.00. The zero-order chi connectivity index (χ0) is 3.41. The fourth-order valence-electron chi connectivity index (χ4n) is 0. The van der Waals surface area contributed by atoms with Crippen LogP contribution in [0, 0.1) is 4.78 Å². The highest BCUT2D eigenvalue weighted by atomic mass is 32.1. The highest BCUT2D eigenvalue weighted by Crippen LogP contribution is 1.27. The quantitative estimate of drug-likeness (QED) is 0.347. The van der Waals surface area contributed by atoms with Crippen molar-refractivity contribution in [2.24, 2.45) is 0 Å². The van der Waals surface area contributed by atoms with E-state index >= 15 is 0 Å². The summed E-state index contributed by atoms with van der Waals surface area (Å²) in [7, 11) is 0. The van der Waals surface area contributed by atoms with Gasteiger partial charge < -0.3 is 0 Å². The van der Waals surface area contributed by atoms with E-state index < -0.39 is 0 Å². The second-order valence-electron chi connectivity index (χ2n) is 0.214. The lowest BCUT2D eigenvalue weighted by molar-refractivity contribution is 0.570. The molecule has 0 rings (SSSR count). The Kier molecular flexibility index (Phi) is 2.48. The summed E-state index contributed by atoms with van der Waals surface area (Å²) in [6.07, 6.45) is 0. The molecule has 0 bridgehead atoms. The van der Waals surface area contributed by atoms with E-state index in [0.717, 1.165) is 0 Å². The molecule has 4 heavy (non-hydrogen) atoms. The molecule has 2 nitrogen and oxygen atoms in total. The van der Waals surface area contributed by atoms with Crippen LogP contribution < -0.4 is 0 Å². The maximum Gasteiger partial charge on any atom is 0.422 e. The molecule has 0 radical (unpaired) electrons. The van der Waals surface area contributed by atoms with Gasteiger partial charge >= 0.3 is 17.2 Å². The summed E-state index contributed by atoms with van der Waals surface area (Å²) in [5.74, 6) is 0. The van der Waals surface area contributed by atoms with Crippen molar-refractivity contribution in [3.05, 3.63) is 0 Å². The van der Waals surface area contributed by atoms with Gasteiger partial charge in [-0.2, -0.15) is 0 Å². The lowest BCUT2D eigenvalue weighted by atomic mass is 11.8. The Hall–Kier alpha value is -0.310. The molecular formula is CH2NOS+. The molecular weight excluding hydrogens is 74.1 g/mol. The molecule has 0 aliphatic heterocycles. The van der Waals surface area contributed by atoms with Crippen molar-refractivity contribution in [2.45, 2.75) is 0 Å². The summed E-state index contributed by atoms with van der Waals surface area (Å²) < 4.78 is 6.00. The molecule has 0 heterocycles. The topological polar surface area (TPSA) is 40.9 Å². The first-order valence-electron chi connectivity index (χ1n) is 0.676. The number of rotatable bonds is 1. The van der Waals surface area contributed by atoms with Crippen molar-refractivity contribution in [3.8, 4) is 0 Å². The zero-order valence-electron chi connectivity index (χ0n) is 1.89. The molecule has 1 N–H and O–H groups in total. The maximum atomic E-state index is 8.95. The Labute approximate surface area is 27.8 Å². The van der Waals surface area contributed by atoms with Crippen molar-refractivity contribution in [2.75, 3.05) is 0 Å². The first-order valence-corrected chi connectivity index (χ1v) is 1.56. The molecule has 0 spiro atoms. The minimum Gasteiger partial charge on any atom is -0.227 e. The predicted molar refractivity (Wildman–Crippen MR) is 16.8 cm³/mol. The van der Waals surface area contributed by atoms with Crippen LogP contribution in [-0.2, 0) is 16.4 Å². The van der Waals surface area contributed by atoms with Crippen LogP contribution in [0.15, 0.2) is 0 Å². The van der Waals surface area contributed by atoms with Crippen LogP contribution in [0.2, 0.25) is 0 Å². The van der Waals surface area contributed by atoms with E-state index in [1.54, 1.807) is 0 Å². The molecule has 0 fully saturated rings. The van der Waals surface area contributed by atoms with Crippen molar-refractivity contribution in [1.82, 2.24) is 0 Å². The highest BCUT2D eigenvalue weighted by molar-refractivity contribution is 7.81. The van der Waals surface area contributed by atoms with Gasteiger partial charge in [0.25, 0.3) is 0 Å². The Bertz CT molecular complexity index is 29.0. The molecule has 0 atom stereocenters. The van der Waals surface area contributed by atoms with Crippen LogP contribution in [0.5, 0.6) is 0 Å². The zero-order valence-corrected chi connectivity index (χ0v) is 2.71. The van der Waals surface area contributed by atoms with Gasteiger partial charge in [-0.05, 0) is 4.78 Å². The molecule has 0 aliphatic carbocycles. The standard InChI is InChI=1S/CH2NOS/c2-4-1-3/h1-2H/q+1. The van der Waals surface area contributed by atoms with Gasteiger partial charge in [-0.3, -0.25) is 0 Å². The number of carbonyl (C=O) groups is 1. The van der Waals surface area contributed by atoms with Crippen LogP contribution in [0.25, 0.3) is 0 Å². The summed E-state index contributed by atoms with van der Waals surface area (Å²) >= 11 is 0.426.